The van der Waals surface area contributed by atoms with Gasteiger partial charge in [0.05, 0.1) is 0 Å². The highest BCUT2D eigenvalue weighted by Gasteiger charge is 1.85. The smallest absolute Gasteiger partial charge is 0.467 e. The molecule has 0 spiro atoms. The van der Waals surface area contributed by atoms with E-state index in [0.29, 0.717) is 0 Å². The molecule has 0 amide bonds. The van der Waals surface area contributed by atoms with E-state index in [1.54, 1.807) is 0 Å². The summed E-state index contributed by atoms with van der Waals surface area (Å²) in [5.74, 6) is 1.97. The van der Waals surface area contributed by atoms with Crippen LogP contribution in [0.25, 0.3) is 0 Å². The van der Waals surface area contributed by atoms with E-state index in [1.165, 1.54) is 0 Å². The van der Waals surface area contributed by atoms with Gasteiger partial charge in [-0.2, -0.15) is 0 Å². The number of furan rings is 1. The topological polar surface area (TPSA) is 128 Å². The standard InChI is InChI=1S/C6H8O.2C2H6.2CH2O3/c1-5-3-4-6(2)7-5;2*1-2;2*2-1(3)4/h3-4H,1-2H3;2*1-2H3;2*(H2,2,3,4). The van der Waals surface area contributed by atoms with Gasteiger partial charge in [-0.3, -0.25) is 0 Å². The van der Waals surface area contributed by atoms with Crippen LogP contribution in [0.4, 0.5) is 9.59 Å². The molecule has 0 aliphatic rings. The van der Waals surface area contributed by atoms with Crippen molar-refractivity contribution in [3.05, 3.63) is 23.7 Å². The van der Waals surface area contributed by atoms with Crippen LogP contribution in [0.5, 0.6) is 0 Å². The van der Waals surface area contributed by atoms with Crippen molar-refractivity contribution in [3.63, 3.8) is 0 Å². The van der Waals surface area contributed by atoms with Crippen LogP contribution in [0.1, 0.15) is 39.2 Å². The van der Waals surface area contributed by atoms with Crippen LogP contribution >= 0.6 is 0 Å². The fraction of sp³-hybridized carbons (Fsp3) is 0.500. The molecule has 4 N–H and O–H groups in total. The third-order valence-electron chi connectivity index (χ3n) is 0.875. The molecule has 1 rings (SSSR count). The van der Waals surface area contributed by atoms with Gasteiger partial charge in [-0.05, 0) is 26.0 Å². The average Bonchev–Trinajstić information content (AvgIpc) is 2.66. The fourth-order valence-electron chi connectivity index (χ4n) is 0.557. The van der Waals surface area contributed by atoms with Crippen LogP contribution in [0.3, 0.4) is 0 Å². The van der Waals surface area contributed by atoms with Gasteiger partial charge in [-0.1, -0.05) is 27.7 Å². The van der Waals surface area contributed by atoms with Gasteiger partial charge in [0.1, 0.15) is 11.5 Å². The molecule has 0 saturated heterocycles. The molecule has 114 valence electrons. The van der Waals surface area contributed by atoms with Gasteiger partial charge in [0, 0.05) is 0 Å². The lowest BCUT2D eigenvalue weighted by Crippen LogP contribution is -1.81. The van der Waals surface area contributed by atoms with Crippen molar-refractivity contribution in [1.29, 1.82) is 0 Å². The molecular weight excluding hydrogens is 256 g/mol. The van der Waals surface area contributed by atoms with E-state index in [4.69, 9.17) is 34.4 Å². The Bertz CT molecular complexity index is 268. The lowest BCUT2D eigenvalue weighted by Gasteiger charge is -1.76. The molecule has 7 heteroatoms. The lowest BCUT2D eigenvalue weighted by atomic mass is 10.5. The third-order valence-corrected chi connectivity index (χ3v) is 0.875. The molecule has 0 atom stereocenters. The van der Waals surface area contributed by atoms with E-state index >= 15 is 0 Å². The maximum absolute atomic E-state index is 8.56. The Labute approximate surface area is 113 Å². The lowest BCUT2D eigenvalue weighted by molar-refractivity contribution is 0.135. The summed E-state index contributed by atoms with van der Waals surface area (Å²) in [6.45, 7) is 11.9. The number of hydrogen-bond acceptors (Lipinski definition) is 3. The van der Waals surface area contributed by atoms with E-state index < -0.39 is 12.3 Å². The molecule has 0 bridgehead atoms. The molecule has 1 aromatic heterocycles. The normalized spacial score (nSPS) is 6.63. The van der Waals surface area contributed by atoms with Gasteiger partial charge < -0.3 is 24.8 Å². The second kappa shape index (κ2) is 21.1. The largest absolute Gasteiger partial charge is 0.503 e. The Kier molecular flexibility index (Phi) is 28.5. The van der Waals surface area contributed by atoms with Crippen molar-refractivity contribution in [2.24, 2.45) is 0 Å². The molecule has 19 heavy (non-hydrogen) atoms. The highest BCUT2D eigenvalue weighted by Crippen LogP contribution is 2.02. The highest BCUT2D eigenvalue weighted by atomic mass is 16.6. The minimum atomic E-state index is -1.83. The van der Waals surface area contributed by atoms with Crippen molar-refractivity contribution >= 4 is 12.3 Å². The first-order valence-electron chi connectivity index (χ1n) is 5.62. The van der Waals surface area contributed by atoms with E-state index in [2.05, 4.69) is 0 Å². The number of aryl methyl sites for hydroxylation is 2. The average molecular weight is 280 g/mol. The van der Waals surface area contributed by atoms with Crippen molar-refractivity contribution < 1.29 is 34.4 Å². The van der Waals surface area contributed by atoms with Crippen molar-refractivity contribution in [2.75, 3.05) is 0 Å². The molecule has 0 radical (unpaired) electrons. The number of carbonyl (C=O) groups is 2. The zero-order chi connectivity index (χ0) is 16.4. The quantitative estimate of drug-likeness (QED) is 0.554. The van der Waals surface area contributed by atoms with E-state index in [-0.39, 0.29) is 0 Å². The Morgan fingerprint density at radius 1 is 0.789 bits per heavy atom. The van der Waals surface area contributed by atoms with Gasteiger partial charge in [-0.25, -0.2) is 9.59 Å². The molecule has 0 fully saturated rings. The minimum Gasteiger partial charge on any atom is -0.467 e. The second-order valence-electron chi connectivity index (χ2n) is 2.22. The summed E-state index contributed by atoms with van der Waals surface area (Å²) in [6.07, 6.45) is -3.67. The van der Waals surface area contributed by atoms with E-state index in [1.807, 2.05) is 53.7 Å². The Morgan fingerprint density at radius 3 is 1.00 bits per heavy atom. The number of rotatable bonds is 0. The van der Waals surface area contributed by atoms with Crippen molar-refractivity contribution in [2.45, 2.75) is 41.5 Å². The first-order chi connectivity index (χ1) is 8.75. The minimum absolute atomic E-state index is 0.984. The Morgan fingerprint density at radius 2 is 0.947 bits per heavy atom. The second-order valence-corrected chi connectivity index (χ2v) is 2.22. The van der Waals surface area contributed by atoms with E-state index in [0.717, 1.165) is 11.5 Å². The van der Waals surface area contributed by atoms with Crippen LogP contribution < -0.4 is 0 Å². The molecule has 7 nitrogen and oxygen atoms in total. The predicted octanol–water partition coefficient (Wildman–Crippen LogP) is 4.39. The summed E-state index contributed by atoms with van der Waals surface area (Å²) < 4.78 is 5.08. The number of carboxylic acid groups (broad SMARTS) is 4. The summed E-state index contributed by atoms with van der Waals surface area (Å²) >= 11 is 0. The summed E-state index contributed by atoms with van der Waals surface area (Å²) in [6, 6.07) is 3.91. The molecule has 0 unspecified atom stereocenters. The molecule has 0 saturated carbocycles. The molecular formula is C12H24O7. The van der Waals surface area contributed by atoms with Gasteiger partial charge in [0.25, 0.3) is 0 Å². The fourth-order valence-corrected chi connectivity index (χ4v) is 0.557. The van der Waals surface area contributed by atoms with Gasteiger partial charge in [0.15, 0.2) is 0 Å². The molecule has 1 aromatic rings. The van der Waals surface area contributed by atoms with Crippen LogP contribution in [0, 0.1) is 13.8 Å². The summed E-state index contributed by atoms with van der Waals surface area (Å²) in [5.41, 5.74) is 0. The van der Waals surface area contributed by atoms with Crippen molar-refractivity contribution in [3.8, 4) is 0 Å². The van der Waals surface area contributed by atoms with Crippen molar-refractivity contribution in [1.82, 2.24) is 0 Å². The van der Waals surface area contributed by atoms with E-state index in [9.17, 15) is 0 Å². The van der Waals surface area contributed by atoms with Crippen LogP contribution in [0.2, 0.25) is 0 Å². The summed E-state index contributed by atoms with van der Waals surface area (Å²) in [4.78, 5) is 17.1. The molecule has 0 aliphatic carbocycles. The Balaban J connectivity index is -0.0000000826. The predicted molar refractivity (Wildman–Crippen MR) is 72.2 cm³/mol. The first-order valence-corrected chi connectivity index (χ1v) is 5.62. The monoisotopic (exact) mass is 280 g/mol. The maximum atomic E-state index is 8.56. The van der Waals surface area contributed by atoms with Gasteiger partial charge in [-0.15, -0.1) is 0 Å². The number of hydrogen-bond donors (Lipinski definition) is 4. The zero-order valence-electron chi connectivity index (χ0n) is 12.2. The third kappa shape index (κ3) is 65.0. The SMILES string of the molecule is CC.CC.Cc1ccc(C)o1.O=C(O)O.O=C(O)O. The van der Waals surface area contributed by atoms with Crippen LogP contribution in [-0.4, -0.2) is 32.7 Å². The Hall–Kier alpha value is -2.18. The van der Waals surface area contributed by atoms with Gasteiger partial charge in [0.2, 0.25) is 0 Å². The first kappa shape index (κ1) is 25.6. The molecule has 0 aliphatic heterocycles. The maximum Gasteiger partial charge on any atom is 0.503 e. The highest BCUT2D eigenvalue weighted by molar-refractivity contribution is 5.53. The molecule has 0 aromatic carbocycles. The summed E-state index contributed by atoms with van der Waals surface area (Å²) in [5, 5.41) is 27.9. The zero-order valence-corrected chi connectivity index (χ0v) is 12.2. The van der Waals surface area contributed by atoms with Crippen LogP contribution in [0.15, 0.2) is 16.5 Å². The van der Waals surface area contributed by atoms with Crippen LogP contribution in [-0.2, 0) is 0 Å². The van der Waals surface area contributed by atoms with Gasteiger partial charge >= 0.3 is 12.3 Å². The molecule has 1 heterocycles. The summed E-state index contributed by atoms with van der Waals surface area (Å²) in [7, 11) is 0.